The molecule has 2 amide bonds. The van der Waals surface area contributed by atoms with Gasteiger partial charge < -0.3 is 15.0 Å². The normalized spacial score (nSPS) is 16.2. The number of nitrogens with zero attached hydrogens (tertiary/aromatic N) is 1. The Kier molecular flexibility index (Phi) is 9.13. The van der Waals surface area contributed by atoms with Crippen LogP contribution in [0.15, 0.2) is 18.2 Å². The quantitative estimate of drug-likeness (QED) is 0.370. The van der Waals surface area contributed by atoms with Crippen LogP contribution >= 0.6 is 35.4 Å². The third-order valence-corrected chi connectivity index (χ3v) is 5.08. The van der Waals surface area contributed by atoms with Gasteiger partial charge in [0.15, 0.2) is 5.11 Å². The Morgan fingerprint density at radius 2 is 1.97 bits per heavy atom. The standard InChI is InChI=1S/C19H23Cl2N3O4S/c1-2-3-4-7-28-16(25)11-15-18(27)22-5-6-24(15)19(29)23-17(26)12-8-13(20)10-14(21)9-12/h8-10,15H,2-7,11H2,1H3,(H,22,27)(H,23,26,29). The molecule has 0 aromatic heterocycles. The molecule has 0 aliphatic carbocycles. The molecule has 2 rings (SSSR count). The molecule has 2 N–H and O–H groups in total. The first-order chi connectivity index (χ1) is 13.8. The van der Waals surface area contributed by atoms with Gasteiger partial charge in [-0.05, 0) is 36.8 Å². The van der Waals surface area contributed by atoms with Crippen molar-refractivity contribution in [1.82, 2.24) is 15.5 Å². The second-order valence-electron chi connectivity index (χ2n) is 6.55. The molecule has 1 unspecified atom stereocenters. The van der Waals surface area contributed by atoms with Crippen LogP contribution in [-0.2, 0) is 14.3 Å². The van der Waals surface area contributed by atoms with Gasteiger partial charge in [-0.2, -0.15) is 0 Å². The highest BCUT2D eigenvalue weighted by Crippen LogP contribution is 2.19. The summed E-state index contributed by atoms with van der Waals surface area (Å²) in [5.41, 5.74) is 0.234. The predicted octanol–water partition coefficient (Wildman–Crippen LogP) is 2.93. The van der Waals surface area contributed by atoms with Crippen LogP contribution in [0, 0.1) is 0 Å². The number of carbonyl (C=O) groups excluding carboxylic acids is 3. The van der Waals surface area contributed by atoms with Crippen LogP contribution in [0.1, 0.15) is 43.0 Å². The summed E-state index contributed by atoms with van der Waals surface area (Å²) in [6, 6.07) is 3.58. The maximum atomic E-state index is 12.5. The SMILES string of the molecule is CCCCCOC(=O)CC1C(=O)NCCN1C(=S)NC(=O)c1cc(Cl)cc(Cl)c1. The van der Waals surface area contributed by atoms with Crippen molar-refractivity contribution < 1.29 is 19.1 Å². The highest BCUT2D eigenvalue weighted by molar-refractivity contribution is 7.80. The van der Waals surface area contributed by atoms with Crippen molar-refractivity contribution in [3.8, 4) is 0 Å². The minimum atomic E-state index is -0.849. The molecule has 1 saturated heterocycles. The first-order valence-corrected chi connectivity index (χ1v) is 10.5. The number of ether oxygens (including phenoxy) is 1. The Morgan fingerprint density at radius 3 is 2.62 bits per heavy atom. The molecule has 7 nitrogen and oxygen atoms in total. The fourth-order valence-electron chi connectivity index (χ4n) is 2.84. The molecule has 0 spiro atoms. The van der Waals surface area contributed by atoms with Gasteiger partial charge >= 0.3 is 5.97 Å². The van der Waals surface area contributed by atoms with E-state index < -0.39 is 17.9 Å². The number of hydrogen-bond acceptors (Lipinski definition) is 5. The average Bonchev–Trinajstić information content (AvgIpc) is 2.66. The largest absolute Gasteiger partial charge is 0.466 e. The fraction of sp³-hybridized carbons (Fsp3) is 0.474. The van der Waals surface area contributed by atoms with E-state index in [1.165, 1.54) is 23.1 Å². The van der Waals surface area contributed by atoms with Crippen molar-refractivity contribution >= 4 is 58.3 Å². The number of amides is 2. The van der Waals surface area contributed by atoms with Gasteiger partial charge in [0.05, 0.1) is 13.0 Å². The van der Waals surface area contributed by atoms with Gasteiger partial charge in [-0.3, -0.25) is 19.7 Å². The van der Waals surface area contributed by atoms with Gasteiger partial charge in [-0.15, -0.1) is 0 Å². The zero-order valence-electron chi connectivity index (χ0n) is 16.0. The van der Waals surface area contributed by atoms with Crippen LogP contribution in [0.4, 0.5) is 0 Å². The zero-order valence-corrected chi connectivity index (χ0v) is 18.3. The van der Waals surface area contributed by atoms with E-state index in [1.54, 1.807) is 0 Å². The van der Waals surface area contributed by atoms with E-state index >= 15 is 0 Å². The molecule has 1 heterocycles. The summed E-state index contributed by atoms with van der Waals surface area (Å²) in [7, 11) is 0. The number of carbonyl (C=O) groups is 3. The van der Waals surface area contributed by atoms with Crippen LogP contribution in [0.3, 0.4) is 0 Å². The summed E-state index contributed by atoms with van der Waals surface area (Å²) in [5, 5.41) is 5.95. The van der Waals surface area contributed by atoms with Gasteiger partial charge in [-0.1, -0.05) is 43.0 Å². The molecule has 158 valence electrons. The van der Waals surface area contributed by atoms with Crippen LogP contribution < -0.4 is 10.6 Å². The topological polar surface area (TPSA) is 87.7 Å². The number of benzene rings is 1. The van der Waals surface area contributed by atoms with Crippen molar-refractivity contribution in [2.24, 2.45) is 0 Å². The summed E-state index contributed by atoms with van der Waals surface area (Å²) >= 11 is 17.2. The summed E-state index contributed by atoms with van der Waals surface area (Å²) in [6.45, 7) is 3.07. The Bertz CT molecular complexity index is 770. The molecule has 0 saturated carbocycles. The van der Waals surface area contributed by atoms with Crippen LogP contribution in [0.5, 0.6) is 0 Å². The zero-order chi connectivity index (χ0) is 21.4. The number of nitrogens with one attached hydrogen (secondary N) is 2. The van der Waals surface area contributed by atoms with Crippen molar-refractivity contribution in [3.63, 3.8) is 0 Å². The first-order valence-electron chi connectivity index (χ1n) is 9.33. The molecule has 1 aromatic rings. The van der Waals surface area contributed by atoms with E-state index in [-0.39, 0.29) is 23.0 Å². The minimum absolute atomic E-state index is 0.0460. The Hall–Kier alpha value is -1.90. The van der Waals surface area contributed by atoms with Crippen molar-refractivity contribution in [2.75, 3.05) is 19.7 Å². The molecular weight excluding hydrogens is 437 g/mol. The van der Waals surface area contributed by atoms with Crippen molar-refractivity contribution in [2.45, 2.75) is 38.6 Å². The Balaban J connectivity index is 2.01. The molecule has 1 aliphatic heterocycles. The number of esters is 1. The molecule has 0 bridgehead atoms. The average molecular weight is 460 g/mol. The monoisotopic (exact) mass is 459 g/mol. The van der Waals surface area contributed by atoms with Gasteiger partial charge in [0.2, 0.25) is 5.91 Å². The molecule has 10 heteroatoms. The van der Waals surface area contributed by atoms with E-state index in [4.69, 9.17) is 40.2 Å². The first kappa shape index (κ1) is 23.4. The van der Waals surface area contributed by atoms with E-state index in [0.717, 1.165) is 19.3 Å². The second kappa shape index (κ2) is 11.3. The van der Waals surface area contributed by atoms with Crippen LogP contribution in [0.2, 0.25) is 10.0 Å². The van der Waals surface area contributed by atoms with Gasteiger partial charge in [0.25, 0.3) is 5.91 Å². The lowest BCUT2D eigenvalue weighted by Gasteiger charge is -2.36. The molecule has 0 radical (unpaired) electrons. The molecule has 1 atom stereocenters. The van der Waals surface area contributed by atoms with E-state index in [2.05, 4.69) is 17.6 Å². The Morgan fingerprint density at radius 1 is 1.28 bits per heavy atom. The predicted molar refractivity (Wildman–Crippen MR) is 115 cm³/mol. The summed E-state index contributed by atoms with van der Waals surface area (Å²) in [5.74, 6) is -1.33. The fourth-order valence-corrected chi connectivity index (χ4v) is 3.68. The highest BCUT2D eigenvalue weighted by Gasteiger charge is 2.34. The minimum Gasteiger partial charge on any atom is -0.466 e. The third-order valence-electron chi connectivity index (χ3n) is 4.31. The van der Waals surface area contributed by atoms with Crippen LogP contribution in [-0.4, -0.2) is 53.5 Å². The van der Waals surface area contributed by atoms with E-state index in [0.29, 0.717) is 29.7 Å². The van der Waals surface area contributed by atoms with Gasteiger partial charge in [0.1, 0.15) is 6.04 Å². The van der Waals surface area contributed by atoms with Gasteiger partial charge in [-0.25, -0.2) is 0 Å². The van der Waals surface area contributed by atoms with E-state index in [9.17, 15) is 14.4 Å². The second-order valence-corrected chi connectivity index (χ2v) is 7.81. The molecule has 1 aliphatic rings. The lowest BCUT2D eigenvalue weighted by molar-refractivity contribution is -0.147. The molecule has 1 aromatic carbocycles. The smallest absolute Gasteiger partial charge is 0.308 e. The molecule has 29 heavy (non-hydrogen) atoms. The molecule has 1 fully saturated rings. The number of halogens is 2. The molecular formula is C19H23Cl2N3O4S. The summed E-state index contributed by atoms with van der Waals surface area (Å²) in [6.07, 6.45) is 2.60. The third kappa shape index (κ3) is 7.13. The van der Waals surface area contributed by atoms with Crippen molar-refractivity contribution in [1.29, 1.82) is 0 Å². The lowest BCUT2D eigenvalue weighted by Crippen LogP contribution is -2.60. The Labute approximate surface area is 185 Å². The number of piperazine rings is 1. The summed E-state index contributed by atoms with van der Waals surface area (Å²) in [4.78, 5) is 38.4. The van der Waals surface area contributed by atoms with E-state index in [1.807, 2.05) is 0 Å². The summed E-state index contributed by atoms with van der Waals surface area (Å²) < 4.78 is 5.19. The maximum Gasteiger partial charge on any atom is 0.308 e. The lowest BCUT2D eigenvalue weighted by atomic mass is 10.1. The van der Waals surface area contributed by atoms with Crippen molar-refractivity contribution in [3.05, 3.63) is 33.8 Å². The number of unbranched alkanes of at least 4 members (excludes halogenated alkanes) is 2. The number of hydrogen-bond donors (Lipinski definition) is 2. The van der Waals surface area contributed by atoms with Crippen LogP contribution in [0.25, 0.3) is 0 Å². The highest BCUT2D eigenvalue weighted by atomic mass is 35.5. The number of rotatable bonds is 7. The van der Waals surface area contributed by atoms with Gasteiger partial charge in [0, 0.05) is 28.7 Å². The number of thiocarbonyl (C=S) groups is 1. The maximum absolute atomic E-state index is 12.5.